The van der Waals surface area contributed by atoms with E-state index in [0.717, 1.165) is 0 Å². The molecule has 1 atom stereocenters. The van der Waals surface area contributed by atoms with Crippen molar-refractivity contribution >= 4 is 23.0 Å². The van der Waals surface area contributed by atoms with Gasteiger partial charge in [-0.1, -0.05) is 0 Å². The Morgan fingerprint density at radius 2 is 2.25 bits per heavy atom. The number of nitrogens with one attached hydrogen (secondary N) is 2. The van der Waals surface area contributed by atoms with E-state index in [0.29, 0.717) is 16.9 Å². The van der Waals surface area contributed by atoms with Crippen molar-refractivity contribution < 1.29 is 14.0 Å². The number of hydrogen-bond acceptors (Lipinski definition) is 4. The fraction of sp³-hybridized carbons (Fsp3) is 0.100. The van der Waals surface area contributed by atoms with Gasteiger partial charge >= 0.3 is 6.03 Å². The monoisotopic (exact) mass is 217 g/mol. The zero-order chi connectivity index (χ0) is 11.1. The lowest BCUT2D eigenvalue weighted by Crippen LogP contribution is -2.22. The third-order valence-corrected chi connectivity index (χ3v) is 2.37. The number of carbonyl (C=O) groups excluding carboxylic acids is 2. The number of imide groups is 1. The number of pyridine rings is 1. The van der Waals surface area contributed by atoms with Crippen LogP contribution in [0.2, 0.25) is 0 Å². The number of rotatable bonds is 1. The Bertz CT molecular complexity index is 557. The first-order valence-electron chi connectivity index (χ1n) is 4.70. The highest BCUT2D eigenvalue weighted by Crippen LogP contribution is 2.23. The van der Waals surface area contributed by atoms with E-state index in [2.05, 4.69) is 15.6 Å². The molecule has 1 aliphatic rings. The number of furan rings is 1. The molecule has 1 fully saturated rings. The van der Waals surface area contributed by atoms with Gasteiger partial charge in [-0.05, 0) is 12.1 Å². The second kappa shape index (κ2) is 3.06. The van der Waals surface area contributed by atoms with Gasteiger partial charge in [-0.2, -0.15) is 0 Å². The lowest BCUT2D eigenvalue weighted by Gasteiger charge is -2.00. The maximum absolute atomic E-state index is 11.4. The van der Waals surface area contributed by atoms with E-state index in [-0.39, 0.29) is 0 Å². The average molecular weight is 217 g/mol. The van der Waals surface area contributed by atoms with E-state index in [9.17, 15) is 9.59 Å². The van der Waals surface area contributed by atoms with Crippen LogP contribution < -0.4 is 10.6 Å². The summed E-state index contributed by atoms with van der Waals surface area (Å²) in [6.45, 7) is 0. The summed E-state index contributed by atoms with van der Waals surface area (Å²) in [6, 6.07) is 3.86. The Morgan fingerprint density at radius 1 is 1.38 bits per heavy atom. The number of fused-ring (bicyclic) bond motifs is 1. The molecule has 2 N–H and O–H groups in total. The molecule has 2 aromatic heterocycles. The zero-order valence-corrected chi connectivity index (χ0v) is 8.06. The molecule has 6 heteroatoms. The minimum Gasteiger partial charge on any atom is -0.457 e. The van der Waals surface area contributed by atoms with Gasteiger partial charge in [-0.25, -0.2) is 4.79 Å². The molecule has 3 amide bonds. The van der Waals surface area contributed by atoms with Crippen LogP contribution in [0, 0.1) is 0 Å². The Hall–Kier alpha value is -2.37. The molecule has 0 radical (unpaired) electrons. The van der Waals surface area contributed by atoms with Crippen molar-refractivity contribution in [3.63, 3.8) is 0 Å². The maximum atomic E-state index is 11.4. The third kappa shape index (κ3) is 1.23. The van der Waals surface area contributed by atoms with E-state index in [1.807, 2.05) is 0 Å². The van der Waals surface area contributed by atoms with E-state index >= 15 is 0 Å². The first-order valence-corrected chi connectivity index (χ1v) is 4.70. The lowest BCUT2D eigenvalue weighted by molar-refractivity contribution is -0.120. The van der Waals surface area contributed by atoms with E-state index in [4.69, 9.17) is 4.42 Å². The van der Waals surface area contributed by atoms with Crippen LogP contribution in [0.4, 0.5) is 4.79 Å². The molecule has 1 aliphatic heterocycles. The van der Waals surface area contributed by atoms with Crippen LogP contribution in [-0.4, -0.2) is 16.9 Å². The van der Waals surface area contributed by atoms with Gasteiger partial charge < -0.3 is 9.73 Å². The molecule has 1 unspecified atom stereocenters. The normalized spacial score (nSPS) is 19.9. The molecule has 1 saturated heterocycles. The lowest BCUT2D eigenvalue weighted by atomic mass is 10.2. The summed E-state index contributed by atoms with van der Waals surface area (Å²) in [5.74, 6) is -0.0268. The van der Waals surface area contributed by atoms with Crippen LogP contribution in [0.15, 0.2) is 28.8 Å². The maximum Gasteiger partial charge on any atom is 0.322 e. The molecule has 3 rings (SSSR count). The quantitative estimate of drug-likeness (QED) is 0.689. The molecule has 0 bridgehead atoms. The number of amides is 3. The number of aromatic nitrogens is 1. The van der Waals surface area contributed by atoms with Crippen molar-refractivity contribution in [1.29, 1.82) is 0 Å². The summed E-state index contributed by atoms with van der Waals surface area (Å²) in [7, 11) is 0. The van der Waals surface area contributed by atoms with Crippen LogP contribution >= 0.6 is 0 Å². The van der Waals surface area contributed by atoms with Crippen molar-refractivity contribution in [3.8, 4) is 0 Å². The molecular formula is C10H7N3O3. The minimum atomic E-state index is -0.762. The Morgan fingerprint density at radius 3 is 2.94 bits per heavy atom. The molecule has 3 heterocycles. The molecule has 0 aromatic carbocycles. The summed E-state index contributed by atoms with van der Waals surface area (Å²) in [5, 5.41) is 4.60. The first kappa shape index (κ1) is 8.90. The van der Waals surface area contributed by atoms with Crippen LogP contribution in [-0.2, 0) is 4.79 Å². The van der Waals surface area contributed by atoms with Crippen LogP contribution in [0.3, 0.4) is 0 Å². The van der Waals surface area contributed by atoms with Crippen molar-refractivity contribution in [3.05, 3.63) is 30.2 Å². The van der Waals surface area contributed by atoms with Gasteiger partial charge in [0.05, 0.1) is 0 Å². The highest BCUT2D eigenvalue weighted by Gasteiger charge is 2.33. The molecule has 2 aromatic rings. The summed E-state index contributed by atoms with van der Waals surface area (Å²) < 4.78 is 5.43. The summed E-state index contributed by atoms with van der Waals surface area (Å²) in [6.07, 6.45) is 1.63. The molecular weight excluding hydrogens is 210 g/mol. The highest BCUT2D eigenvalue weighted by molar-refractivity contribution is 6.04. The Balaban J connectivity index is 2.06. The van der Waals surface area contributed by atoms with Gasteiger partial charge in [-0.3, -0.25) is 15.1 Å². The van der Waals surface area contributed by atoms with E-state index < -0.39 is 18.0 Å². The second-order valence-electron chi connectivity index (χ2n) is 3.43. The van der Waals surface area contributed by atoms with Crippen LogP contribution in [0.5, 0.6) is 0 Å². The number of nitrogens with zero attached hydrogens (tertiary/aromatic N) is 1. The average Bonchev–Trinajstić information content (AvgIpc) is 2.81. The smallest absolute Gasteiger partial charge is 0.322 e. The fourth-order valence-electron chi connectivity index (χ4n) is 1.65. The standard InChI is InChI=1S/C10H7N3O3/c14-9-8(12-10(15)13-9)7-4-5-6(16-7)2-1-3-11-5/h1-4,8H,(H2,12,13,14,15). The van der Waals surface area contributed by atoms with Crippen molar-refractivity contribution in [2.75, 3.05) is 0 Å². The van der Waals surface area contributed by atoms with Gasteiger partial charge in [0.1, 0.15) is 11.3 Å². The zero-order valence-electron chi connectivity index (χ0n) is 8.06. The number of carbonyl (C=O) groups is 2. The van der Waals surface area contributed by atoms with Gasteiger partial charge in [0, 0.05) is 12.3 Å². The fourth-order valence-corrected chi connectivity index (χ4v) is 1.65. The van der Waals surface area contributed by atoms with Gasteiger partial charge in [0.2, 0.25) is 0 Å². The van der Waals surface area contributed by atoms with E-state index in [1.165, 1.54) is 0 Å². The molecule has 0 aliphatic carbocycles. The summed E-state index contributed by atoms with van der Waals surface area (Å²) in [5.41, 5.74) is 1.25. The largest absolute Gasteiger partial charge is 0.457 e. The predicted molar refractivity (Wildman–Crippen MR) is 53.4 cm³/mol. The molecule has 16 heavy (non-hydrogen) atoms. The topological polar surface area (TPSA) is 84.2 Å². The van der Waals surface area contributed by atoms with Crippen molar-refractivity contribution in [1.82, 2.24) is 15.6 Å². The summed E-state index contributed by atoms with van der Waals surface area (Å²) in [4.78, 5) is 26.4. The van der Waals surface area contributed by atoms with Crippen LogP contribution in [0.1, 0.15) is 11.8 Å². The predicted octanol–water partition coefficient (Wildman–Crippen LogP) is 0.708. The number of urea groups is 1. The summed E-state index contributed by atoms with van der Waals surface area (Å²) >= 11 is 0. The number of hydrogen-bond donors (Lipinski definition) is 2. The van der Waals surface area contributed by atoms with E-state index in [1.54, 1.807) is 24.4 Å². The molecule has 6 nitrogen and oxygen atoms in total. The SMILES string of the molecule is O=C1NC(=O)C(c2cc3ncccc3o2)N1. The van der Waals surface area contributed by atoms with Crippen LogP contribution in [0.25, 0.3) is 11.1 Å². The Kier molecular flexibility index (Phi) is 1.70. The van der Waals surface area contributed by atoms with Gasteiger partial charge in [0.15, 0.2) is 11.6 Å². The van der Waals surface area contributed by atoms with Crippen molar-refractivity contribution in [2.24, 2.45) is 0 Å². The molecule has 0 saturated carbocycles. The Labute approximate surface area is 89.6 Å². The van der Waals surface area contributed by atoms with Gasteiger partial charge in [-0.15, -0.1) is 0 Å². The molecule has 80 valence electrons. The minimum absolute atomic E-state index is 0.386. The van der Waals surface area contributed by atoms with Gasteiger partial charge in [0.25, 0.3) is 5.91 Å². The van der Waals surface area contributed by atoms with Crippen molar-refractivity contribution in [2.45, 2.75) is 6.04 Å². The first-order chi connectivity index (χ1) is 7.74. The third-order valence-electron chi connectivity index (χ3n) is 2.37. The molecule has 0 spiro atoms. The second-order valence-corrected chi connectivity index (χ2v) is 3.43. The highest BCUT2D eigenvalue weighted by atomic mass is 16.3.